The lowest BCUT2D eigenvalue weighted by Gasteiger charge is -2.26. The van der Waals surface area contributed by atoms with Gasteiger partial charge in [0.2, 0.25) is 17.7 Å². The lowest BCUT2D eigenvalue weighted by Crippen LogP contribution is -2.43. The van der Waals surface area contributed by atoms with Crippen LogP contribution in [0.4, 0.5) is 21.5 Å². The average molecular weight is 603 g/mol. The number of hydrogen-bond donors (Lipinski definition) is 2. The van der Waals surface area contributed by atoms with Crippen LogP contribution in [0.15, 0.2) is 97.1 Å². The number of amides is 3. The lowest BCUT2D eigenvalue weighted by molar-refractivity contribution is -0.136. The summed E-state index contributed by atoms with van der Waals surface area (Å²) < 4.78 is 19.4. The Morgan fingerprint density at radius 2 is 1.49 bits per heavy atom. The van der Waals surface area contributed by atoms with Gasteiger partial charge >= 0.3 is 0 Å². The van der Waals surface area contributed by atoms with Gasteiger partial charge in [0, 0.05) is 30.8 Å². The Morgan fingerprint density at radius 1 is 0.860 bits per heavy atom. The summed E-state index contributed by atoms with van der Waals surface area (Å²) in [4.78, 5) is 44.6. The normalized spacial score (nSPS) is 14.4. The molecule has 0 aromatic heterocycles. The number of halogens is 2. The first-order valence-electron chi connectivity index (χ1n) is 13.6. The van der Waals surface area contributed by atoms with E-state index in [9.17, 15) is 18.8 Å². The fourth-order valence-electron chi connectivity index (χ4n) is 4.96. The number of rotatable bonds is 9. The zero-order chi connectivity index (χ0) is 29.6. The number of ether oxygens (including phenoxy) is 1. The smallest absolute Gasteiger partial charge is 0.244 e. The molecule has 1 atom stereocenters. The Labute approximate surface area is 255 Å². The SMILES string of the molecule is COc1ccc(CN2C(=O)C(CC(=O)NCc3ccccc3F)C(=O)N(c3ccc(CN)cc3)c3ccccc32)cc1.Cl. The molecule has 4 aromatic rings. The van der Waals surface area contributed by atoms with Crippen molar-refractivity contribution >= 4 is 47.2 Å². The highest BCUT2D eigenvalue weighted by Crippen LogP contribution is 2.40. The molecule has 0 saturated heterocycles. The molecule has 0 saturated carbocycles. The van der Waals surface area contributed by atoms with Crippen molar-refractivity contribution in [2.24, 2.45) is 11.7 Å². The molecule has 4 aromatic carbocycles. The number of benzene rings is 4. The summed E-state index contributed by atoms with van der Waals surface area (Å²) in [7, 11) is 1.58. The predicted molar refractivity (Wildman–Crippen MR) is 166 cm³/mol. The van der Waals surface area contributed by atoms with E-state index in [1.165, 1.54) is 15.9 Å². The van der Waals surface area contributed by atoms with Crippen LogP contribution >= 0.6 is 12.4 Å². The van der Waals surface area contributed by atoms with E-state index in [0.29, 0.717) is 34.9 Å². The summed E-state index contributed by atoms with van der Waals surface area (Å²) in [6, 6.07) is 27.8. The van der Waals surface area contributed by atoms with Crippen molar-refractivity contribution in [2.75, 3.05) is 16.9 Å². The van der Waals surface area contributed by atoms with Crippen LogP contribution < -0.4 is 25.6 Å². The molecule has 1 aliphatic rings. The molecule has 1 unspecified atom stereocenters. The number of fused-ring (bicyclic) bond motifs is 1. The van der Waals surface area contributed by atoms with Gasteiger partial charge in [-0.2, -0.15) is 0 Å². The first kappa shape index (κ1) is 31.2. The monoisotopic (exact) mass is 602 g/mol. The zero-order valence-electron chi connectivity index (χ0n) is 23.5. The topological polar surface area (TPSA) is 105 Å². The highest BCUT2D eigenvalue weighted by Gasteiger charge is 2.42. The number of methoxy groups -OCH3 is 1. The molecule has 0 fully saturated rings. The van der Waals surface area contributed by atoms with Crippen LogP contribution in [-0.2, 0) is 34.0 Å². The van der Waals surface area contributed by atoms with E-state index < -0.39 is 35.9 Å². The van der Waals surface area contributed by atoms with Gasteiger partial charge in [0.25, 0.3) is 0 Å². The molecule has 0 aliphatic carbocycles. The number of carbonyl (C=O) groups is 3. The average Bonchev–Trinajstić information content (AvgIpc) is 3.10. The van der Waals surface area contributed by atoms with Gasteiger partial charge in [-0.1, -0.05) is 54.6 Å². The van der Waals surface area contributed by atoms with E-state index in [1.807, 2.05) is 24.3 Å². The van der Waals surface area contributed by atoms with Crippen LogP contribution in [0.1, 0.15) is 23.1 Å². The molecule has 3 amide bonds. The van der Waals surface area contributed by atoms with Gasteiger partial charge in [-0.25, -0.2) is 4.39 Å². The van der Waals surface area contributed by atoms with Crippen molar-refractivity contribution in [3.63, 3.8) is 0 Å². The fourth-order valence-corrected chi connectivity index (χ4v) is 4.96. The molecule has 1 aliphatic heterocycles. The Morgan fingerprint density at radius 3 is 2.14 bits per heavy atom. The van der Waals surface area contributed by atoms with Crippen molar-refractivity contribution in [1.82, 2.24) is 5.32 Å². The van der Waals surface area contributed by atoms with Gasteiger partial charge in [0.1, 0.15) is 17.5 Å². The summed E-state index contributed by atoms with van der Waals surface area (Å²) in [6.45, 7) is 0.435. The summed E-state index contributed by atoms with van der Waals surface area (Å²) >= 11 is 0. The van der Waals surface area contributed by atoms with Crippen molar-refractivity contribution in [3.8, 4) is 5.75 Å². The van der Waals surface area contributed by atoms with Gasteiger partial charge in [0.05, 0.1) is 25.0 Å². The number of nitrogens with two attached hydrogens (primary N) is 1. The highest BCUT2D eigenvalue weighted by atomic mass is 35.5. The molecule has 1 heterocycles. The standard InChI is InChI=1S/C33H31FN4O4.ClH/c1-42-26-16-12-23(13-17-26)21-37-29-8-4-5-9-30(29)38(25-14-10-22(19-35)11-15-25)33(41)27(32(37)40)18-31(39)36-20-24-6-2-3-7-28(24)34;/h2-17,27H,18-21,35H2,1H3,(H,36,39);1H. The minimum absolute atomic E-state index is 0. The summed E-state index contributed by atoms with van der Waals surface area (Å²) in [5.74, 6) is -2.69. The van der Waals surface area contributed by atoms with E-state index in [0.717, 1.165) is 11.1 Å². The number of anilines is 3. The molecule has 10 heteroatoms. The third-order valence-electron chi connectivity index (χ3n) is 7.25. The van der Waals surface area contributed by atoms with Crippen LogP contribution in [-0.4, -0.2) is 24.8 Å². The largest absolute Gasteiger partial charge is 0.497 e. The summed E-state index contributed by atoms with van der Waals surface area (Å²) in [6.07, 6.45) is -0.406. The Hall–Kier alpha value is -4.73. The molecule has 0 spiro atoms. The molecule has 0 bridgehead atoms. The number of hydrogen-bond acceptors (Lipinski definition) is 5. The second-order valence-corrected chi connectivity index (χ2v) is 9.93. The molecule has 3 N–H and O–H groups in total. The maximum Gasteiger partial charge on any atom is 0.244 e. The minimum Gasteiger partial charge on any atom is -0.497 e. The number of para-hydroxylation sites is 2. The van der Waals surface area contributed by atoms with Gasteiger partial charge in [-0.05, 0) is 53.6 Å². The maximum absolute atomic E-state index is 14.2. The fraction of sp³-hybridized carbons (Fsp3) is 0.182. The van der Waals surface area contributed by atoms with Crippen LogP contribution in [0.3, 0.4) is 0 Å². The highest BCUT2D eigenvalue weighted by molar-refractivity contribution is 6.21. The molecule has 0 radical (unpaired) electrons. The van der Waals surface area contributed by atoms with E-state index >= 15 is 0 Å². The summed E-state index contributed by atoms with van der Waals surface area (Å²) in [5.41, 5.74) is 9.38. The number of carbonyl (C=O) groups excluding carboxylic acids is 3. The van der Waals surface area contributed by atoms with E-state index in [4.69, 9.17) is 10.5 Å². The molecule has 8 nitrogen and oxygen atoms in total. The third-order valence-corrected chi connectivity index (χ3v) is 7.25. The Balaban J connectivity index is 0.00000423. The van der Waals surface area contributed by atoms with Crippen molar-refractivity contribution in [2.45, 2.75) is 26.1 Å². The van der Waals surface area contributed by atoms with E-state index in [-0.39, 0.29) is 25.5 Å². The molecule has 222 valence electrons. The van der Waals surface area contributed by atoms with Crippen LogP contribution in [0.5, 0.6) is 5.75 Å². The van der Waals surface area contributed by atoms with Crippen molar-refractivity contribution in [1.29, 1.82) is 0 Å². The first-order chi connectivity index (χ1) is 20.4. The zero-order valence-corrected chi connectivity index (χ0v) is 24.4. The van der Waals surface area contributed by atoms with Crippen molar-refractivity contribution in [3.05, 3.63) is 120 Å². The number of nitrogens with one attached hydrogen (secondary N) is 1. The first-order valence-corrected chi connectivity index (χ1v) is 13.6. The maximum atomic E-state index is 14.2. The van der Waals surface area contributed by atoms with Crippen LogP contribution in [0, 0.1) is 11.7 Å². The van der Waals surface area contributed by atoms with Crippen LogP contribution in [0.25, 0.3) is 0 Å². The van der Waals surface area contributed by atoms with Gasteiger partial charge < -0.3 is 20.7 Å². The predicted octanol–water partition coefficient (Wildman–Crippen LogP) is 5.25. The summed E-state index contributed by atoms with van der Waals surface area (Å²) in [5, 5.41) is 2.67. The van der Waals surface area contributed by atoms with E-state index in [2.05, 4.69) is 5.32 Å². The third kappa shape index (κ3) is 6.85. The van der Waals surface area contributed by atoms with Gasteiger partial charge in [-0.15, -0.1) is 12.4 Å². The van der Waals surface area contributed by atoms with E-state index in [1.54, 1.807) is 73.8 Å². The second kappa shape index (κ2) is 14.0. The molecular weight excluding hydrogens is 571 g/mol. The van der Waals surface area contributed by atoms with Gasteiger partial charge in [-0.3, -0.25) is 19.3 Å². The van der Waals surface area contributed by atoms with Crippen molar-refractivity contribution < 1.29 is 23.5 Å². The minimum atomic E-state index is -1.33. The van der Waals surface area contributed by atoms with Crippen LogP contribution in [0.2, 0.25) is 0 Å². The lowest BCUT2D eigenvalue weighted by atomic mass is 10.0. The Kier molecular flexibility index (Phi) is 10.1. The number of nitrogens with zero attached hydrogens (tertiary/aromatic N) is 2. The van der Waals surface area contributed by atoms with Gasteiger partial charge in [0.15, 0.2) is 0 Å². The quantitative estimate of drug-likeness (QED) is 0.255. The second-order valence-electron chi connectivity index (χ2n) is 9.93. The molecule has 5 rings (SSSR count). The molecule has 43 heavy (non-hydrogen) atoms. The Bertz CT molecular complexity index is 1600. The molecular formula is C33H32ClFN4O4.